The maximum Gasteiger partial charge on any atom is 0.159 e. The molecule has 0 amide bonds. The summed E-state index contributed by atoms with van der Waals surface area (Å²) in [7, 11) is 0. The van der Waals surface area contributed by atoms with E-state index in [1.54, 1.807) is 26.8 Å². The third-order valence-electron chi connectivity index (χ3n) is 10.5. The second kappa shape index (κ2) is 8.09. The lowest BCUT2D eigenvalue weighted by atomic mass is 9.45. The molecule has 4 aliphatic carbocycles. The minimum absolute atomic E-state index is 0.0840. The molecular weight excluding hydrogens is 436 g/mol. The molecule has 7 heteroatoms. The molecule has 0 aromatic carbocycles. The fourth-order valence-electron chi connectivity index (χ4n) is 8.32. The number of carbonyl (C=O) groups excluding carboxylic acids is 1. The van der Waals surface area contributed by atoms with Gasteiger partial charge in [-0.05, 0) is 101 Å². The van der Waals surface area contributed by atoms with Crippen LogP contribution in [0.5, 0.6) is 0 Å². The number of rotatable bonds is 5. The summed E-state index contributed by atoms with van der Waals surface area (Å²) < 4.78 is 0. The van der Waals surface area contributed by atoms with E-state index in [1.165, 1.54) is 0 Å². The fraction of sp³-hybridized carbons (Fsp3) is 0.889. The van der Waals surface area contributed by atoms with E-state index in [1.807, 2.05) is 13.8 Å². The topological polar surface area (TPSA) is 138 Å². The van der Waals surface area contributed by atoms with E-state index in [2.05, 4.69) is 0 Å². The van der Waals surface area contributed by atoms with Crippen LogP contribution in [0.25, 0.3) is 0 Å². The summed E-state index contributed by atoms with van der Waals surface area (Å²) in [5, 5.41) is 65.5. The van der Waals surface area contributed by atoms with Crippen molar-refractivity contribution in [2.24, 2.45) is 28.6 Å². The van der Waals surface area contributed by atoms with Crippen molar-refractivity contribution in [3.05, 3.63) is 11.6 Å². The number of fused-ring (bicyclic) bond motifs is 5. The molecule has 0 aromatic heterocycles. The second-order valence-corrected chi connectivity index (χ2v) is 13.2. The van der Waals surface area contributed by atoms with E-state index in [-0.39, 0.29) is 36.4 Å². The molecule has 0 heterocycles. The third-order valence-corrected chi connectivity index (χ3v) is 10.5. The van der Waals surface area contributed by atoms with Gasteiger partial charge in [-0.15, -0.1) is 0 Å². The van der Waals surface area contributed by atoms with Gasteiger partial charge in [0.25, 0.3) is 0 Å². The van der Waals surface area contributed by atoms with E-state index in [4.69, 9.17) is 0 Å². The minimum Gasteiger partial charge on any atom is -0.390 e. The first-order valence-corrected chi connectivity index (χ1v) is 12.9. The van der Waals surface area contributed by atoms with Crippen LogP contribution in [0.2, 0.25) is 0 Å². The lowest BCUT2D eigenvalue weighted by Crippen LogP contribution is -2.62. The molecule has 34 heavy (non-hydrogen) atoms. The lowest BCUT2D eigenvalue weighted by Gasteiger charge is -2.60. The summed E-state index contributed by atoms with van der Waals surface area (Å²) in [6, 6.07) is 0. The quantitative estimate of drug-likeness (QED) is 0.353. The van der Waals surface area contributed by atoms with E-state index in [0.29, 0.717) is 44.1 Å². The highest BCUT2D eigenvalue weighted by molar-refractivity contribution is 5.95. The average Bonchev–Trinajstić information content (AvgIpc) is 3.00. The van der Waals surface area contributed by atoms with E-state index >= 15 is 0 Å². The van der Waals surface area contributed by atoms with Crippen LogP contribution in [0.1, 0.15) is 86.0 Å². The lowest BCUT2D eigenvalue weighted by molar-refractivity contribution is -0.177. The molecule has 194 valence electrons. The monoisotopic (exact) mass is 480 g/mol. The van der Waals surface area contributed by atoms with Gasteiger partial charge in [-0.3, -0.25) is 4.79 Å². The molecule has 0 unspecified atom stereocenters. The smallest absolute Gasteiger partial charge is 0.159 e. The van der Waals surface area contributed by atoms with Gasteiger partial charge >= 0.3 is 0 Å². The van der Waals surface area contributed by atoms with Crippen LogP contribution in [0.4, 0.5) is 0 Å². The second-order valence-electron chi connectivity index (χ2n) is 13.2. The molecule has 3 fully saturated rings. The van der Waals surface area contributed by atoms with Crippen molar-refractivity contribution in [3.63, 3.8) is 0 Å². The number of carbonyl (C=O) groups is 1. The largest absolute Gasteiger partial charge is 0.390 e. The van der Waals surface area contributed by atoms with Gasteiger partial charge in [0, 0.05) is 11.3 Å². The molecule has 10 atom stereocenters. The Morgan fingerprint density at radius 1 is 1.06 bits per heavy atom. The molecule has 4 rings (SSSR count). The summed E-state index contributed by atoms with van der Waals surface area (Å²) in [6.45, 7) is 8.96. The predicted molar refractivity (Wildman–Crippen MR) is 127 cm³/mol. The Labute approximate surface area is 202 Å². The molecule has 0 bridgehead atoms. The summed E-state index contributed by atoms with van der Waals surface area (Å²) in [4.78, 5) is 13.2. The molecular formula is C27H44O7. The van der Waals surface area contributed by atoms with Gasteiger partial charge in [0.05, 0.1) is 35.1 Å². The third kappa shape index (κ3) is 3.73. The average molecular weight is 481 g/mol. The van der Waals surface area contributed by atoms with Crippen molar-refractivity contribution in [1.29, 1.82) is 0 Å². The van der Waals surface area contributed by atoms with Crippen LogP contribution in [-0.2, 0) is 4.79 Å². The Balaban J connectivity index is 1.66. The SMILES string of the molecule is CC(C)(O)CC[C@@H](O)[C@](C)(O)[C@@H]1CC[C@@]2(O)C3=CC(=O)[C@@H]4C[C@H](O)[C@H](O)C[C@]4(C)[C@@H]3CC[C@]12C. The predicted octanol–water partition coefficient (Wildman–Crippen LogP) is 1.85. The first-order chi connectivity index (χ1) is 15.5. The van der Waals surface area contributed by atoms with Crippen molar-refractivity contribution in [1.82, 2.24) is 0 Å². The fourth-order valence-corrected chi connectivity index (χ4v) is 8.32. The number of allylic oxidation sites excluding steroid dienone is 1. The van der Waals surface area contributed by atoms with Crippen LogP contribution >= 0.6 is 0 Å². The molecule has 0 saturated heterocycles. The zero-order chi connectivity index (χ0) is 25.5. The summed E-state index contributed by atoms with van der Waals surface area (Å²) in [6.07, 6.45) is 2.11. The van der Waals surface area contributed by atoms with Gasteiger partial charge in [-0.2, -0.15) is 0 Å². The van der Waals surface area contributed by atoms with Gasteiger partial charge in [0.2, 0.25) is 0 Å². The zero-order valence-electron chi connectivity index (χ0n) is 21.3. The maximum atomic E-state index is 13.2. The number of ketones is 1. The Morgan fingerprint density at radius 3 is 2.32 bits per heavy atom. The van der Waals surface area contributed by atoms with Crippen molar-refractivity contribution in [3.8, 4) is 0 Å². The van der Waals surface area contributed by atoms with Gasteiger partial charge in [-0.1, -0.05) is 13.8 Å². The van der Waals surface area contributed by atoms with Crippen molar-refractivity contribution < 1.29 is 35.4 Å². The van der Waals surface area contributed by atoms with Crippen molar-refractivity contribution in [2.75, 3.05) is 0 Å². The highest BCUT2D eigenvalue weighted by Gasteiger charge is 2.69. The first-order valence-electron chi connectivity index (χ1n) is 12.9. The van der Waals surface area contributed by atoms with Crippen molar-refractivity contribution in [2.45, 2.75) is 121 Å². The Hall–Kier alpha value is -0.830. The van der Waals surface area contributed by atoms with Crippen LogP contribution in [0.3, 0.4) is 0 Å². The van der Waals surface area contributed by atoms with Gasteiger partial charge in [0.1, 0.15) is 0 Å². The Bertz CT molecular complexity index is 860. The van der Waals surface area contributed by atoms with Crippen LogP contribution in [0, 0.1) is 28.6 Å². The van der Waals surface area contributed by atoms with Crippen LogP contribution in [0.15, 0.2) is 11.6 Å². The van der Waals surface area contributed by atoms with Crippen LogP contribution < -0.4 is 0 Å². The molecule has 0 aliphatic heterocycles. The molecule has 7 nitrogen and oxygen atoms in total. The Kier molecular flexibility index (Phi) is 6.24. The number of aliphatic hydroxyl groups is 6. The first kappa shape index (κ1) is 26.2. The number of hydrogen-bond acceptors (Lipinski definition) is 7. The van der Waals surface area contributed by atoms with Crippen molar-refractivity contribution >= 4 is 5.78 Å². The summed E-state index contributed by atoms with van der Waals surface area (Å²) in [5.74, 6) is -0.948. The highest BCUT2D eigenvalue weighted by Crippen LogP contribution is 2.68. The van der Waals surface area contributed by atoms with E-state index in [0.717, 1.165) is 0 Å². The van der Waals surface area contributed by atoms with Crippen LogP contribution in [-0.4, -0.2) is 71.5 Å². The normalized spacial score (nSPS) is 47.2. The molecule has 4 aliphatic rings. The minimum atomic E-state index is -1.46. The zero-order valence-corrected chi connectivity index (χ0v) is 21.3. The standard InChI is InChI=1S/C27H44O7/c1-23(2,32)9-8-22(31)26(5,33)21-7-11-27(34)16-12-18(28)17-13-19(29)20(30)14-24(17,3)15(16)6-10-25(21,27)4/h12,15,17,19-22,29-34H,6-11,13-14H2,1-5H3/t15-,17+,19+,20-,21-,22-,24-,25-,26-,27-/m1/s1. The summed E-state index contributed by atoms with van der Waals surface area (Å²) in [5.41, 5.74) is -4.27. The molecule has 6 N–H and O–H groups in total. The van der Waals surface area contributed by atoms with Gasteiger partial charge in [-0.25, -0.2) is 0 Å². The summed E-state index contributed by atoms with van der Waals surface area (Å²) >= 11 is 0. The van der Waals surface area contributed by atoms with Gasteiger partial charge < -0.3 is 30.6 Å². The Morgan fingerprint density at radius 2 is 1.71 bits per heavy atom. The molecule has 0 radical (unpaired) electrons. The molecule has 0 aromatic rings. The number of hydrogen-bond donors (Lipinski definition) is 6. The maximum absolute atomic E-state index is 13.2. The highest BCUT2D eigenvalue weighted by atomic mass is 16.3. The van der Waals surface area contributed by atoms with E-state index < -0.39 is 45.9 Å². The molecule has 0 spiro atoms. The van der Waals surface area contributed by atoms with Gasteiger partial charge in [0.15, 0.2) is 5.78 Å². The number of aliphatic hydroxyl groups excluding tert-OH is 3. The molecule has 3 saturated carbocycles. The van der Waals surface area contributed by atoms with E-state index in [9.17, 15) is 35.4 Å².